The van der Waals surface area contributed by atoms with E-state index in [2.05, 4.69) is 4.98 Å². The van der Waals surface area contributed by atoms with E-state index in [4.69, 9.17) is 0 Å². The predicted octanol–water partition coefficient (Wildman–Crippen LogP) is 2.35. The SMILES string of the molecule is Cc1ncsc1CN(Cc1ccccc1)C(=O)CN1CCN(C)C1=O. The van der Waals surface area contributed by atoms with E-state index in [0.29, 0.717) is 26.2 Å². The number of carbonyl (C=O) groups excluding carboxylic acids is 2. The summed E-state index contributed by atoms with van der Waals surface area (Å²) in [7, 11) is 1.76. The molecule has 3 amide bonds. The Morgan fingerprint density at radius 3 is 2.60 bits per heavy atom. The van der Waals surface area contributed by atoms with Crippen molar-refractivity contribution in [2.75, 3.05) is 26.7 Å². The molecule has 132 valence electrons. The Bertz CT molecular complexity index is 747. The number of rotatable bonds is 6. The molecule has 7 heteroatoms. The zero-order valence-corrected chi connectivity index (χ0v) is 15.3. The molecule has 6 nitrogen and oxygen atoms in total. The number of hydrogen-bond acceptors (Lipinski definition) is 4. The molecule has 25 heavy (non-hydrogen) atoms. The summed E-state index contributed by atoms with van der Waals surface area (Å²) in [5.41, 5.74) is 3.82. The number of nitrogens with zero attached hydrogens (tertiary/aromatic N) is 4. The van der Waals surface area contributed by atoms with Crippen molar-refractivity contribution in [3.63, 3.8) is 0 Å². The van der Waals surface area contributed by atoms with Crippen molar-refractivity contribution in [3.8, 4) is 0 Å². The number of carbonyl (C=O) groups is 2. The Morgan fingerprint density at radius 2 is 2.00 bits per heavy atom. The van der Waals surface area contributed by atoms with Crippen LogP contribution in [0.5, 0.6) is 0 Å². The second-order valence-corrected chi connectivity index (χ2v) is 7.16. The van der Waals surface area contributed by atoms with E-state index in [1.54, 1.807) is 38.6 Å². The number of urea groups is 1. The fraction of sp³-hybridized carbons (Fsp3) is 0.389. The molecule has 0 bridgehead atoms. The first-order chi connectivity index (χ1) is 12.0. The third-order valence-corrected chi connectivity index (χ3v) is 5.30. The van der Waals surface area contributed by atoms with Crippen LogP contribution in [0.2, 0.25) is 0 Å². The second kappa shape index (κ2) is 7.65. The Kier molecular flexibility index (Phi) is 5.33. The van der Waals surface area contributed by atoms with Gasteiger partial charge in [-0.05, 0) is 12.5 Å². The third kappa shape index (κ3) is 4.17. The Labute approximate surface area is 151 Å². The molecule has 0 saturated carbocycles. The molecular formula is C18H22N4O2S. The number of amides is 3. The Morgan fingerprint density at radius 1 is 1.24 bits per heavy atom. The van der Waals surface area contributed by atoms with Gasteiger partial charge in [0.05, 0.1) is 17.7 Å². The van der Waals surface area contributed by atoms with E-state index in [-0.39, 0.29) is 18.5 Å². The molecule has 0 atom stereocenters. The molecule has 0 aliphatic carbocycles. The minimum Gasteiger partial charge on any atom is -0.332 e. The van der Waals surface area contributed by atoms with Gasteiger partial charge in [-0.1, -0.05) is 30.3 Å². The van der Waals surface area contributed by atoms with Gasteiger partial charge in [-0.25, -0.2) is 9.78 Å². The summed E-state index contributed by atoms with van der Waals surface area (Å²) in [5.74, 6) is -0.0414. The molecule has 3 rings (SSSR count). The van der Waals surface area contributed by atoms with Gasteiger partial charge in [0.2, 0.25) is 5.91 Å². The van der Waals surface area contributed by atoms with Crippen molar-refractivity contribution in [2.45, 2.75) is 20.0 Å². The highest BCUT2D eigenvalue weighted by Crippen LogP contribution is 2.18. The molecule has 0 radical (unpaired) electrons. The van der Waals surface area contributed by atoms with Crippen molar-refractivity contribution in [3.05, 3.63) is 52.0 Å². The van der Waals surface area contributed by atoms with E-state index in [1.807, 2.05) is 37.3 Å². The molecule has 1 aromatic carbocycles. The van der Waals surface area contributed by atoms with Gasteiger partial charge in [0.25, 0.3) is 0 Å². The van der Waals surface area contributed by atoms with Crippen molar-refractivity contribution in [2.24, 2.45) is 0 Å². The van der Waals surface area contributed by atoms with Gasteiger partial charge in [-0.3, -0.25) is 4.79 Å². The molecule has 0 N–H and O–H groups in total. The predicted molar refractivity (Wildman–Crippen MR) is 97.1 cm³/mol. The maximum atomic E-state index is 12.9. The van der Waals surface area contributed by atoms with Gasteiger partial charge in [-0.15, -0.1) is 11.3 Å². The van der Waals surface area contributed by atoms with Crippen LogP contribution in [0, 0.1) is 6.92 Å². The zero-order chi connectivity index (χ0) is 17.8. The minimum absolute atomic E-state index is 0.0414. The lowest BCUT2D eigenvalue weighted by molar-refractivity contribution is -0.132. The molecular weight excluding hydrogens is 336 g/mol. The molecule has 1 aromatic heterocycles. The van der Waals surface area contributed by atoms with E-state index in [9.17, 15) is 9.59 Å². The first-order valence-corrected chi connectivity index (χ1v) is 9.13. The number of hydrogen-bond donors (Lipinski definition) is 0. The molecule has 1 fully saturated rings. The maximum absolute atomic E-state index is 12.9. The van der Waals surface area contributed by atoms with Crippen LogP contribution >= 0.6 is 11.3 Å². The average Bonchev–Trinajstić information content (AvgIpc) is 3.15. The third-order valence-electron chi connectivity index (χ3n) is 4.38. The van der Waals surface area contributed by atoms with Crippen LogP contribution in [0.25, 0.3) is 0 Å². The second-order valence-electron chi connectivity index (χ2n) is 6.22. The topological polar surface area (TPSA) is 56.8 Å². The number of aryl methyl sites for hydroxylation is 1. The Hall–Kier alpha value is -2.41. The molecule has 2 aromatic rings. The summed E-state index contributed by atoms with van der Waals surface area (Å²) >= 11 is 1.56. The quantitative estimate of drug-likeness (QED) is 0.796. The summed E-state index contributed by atoms with van der Waals surface area (Å²) in [5, 5.41) is 0. The largest absolute Gasteiger partial charge is 0.332 e. The van der Waals surface area contributed by atoms with Crippen molar-refractivity contribution in [1.29, 1.82) is 0 Å². The molecule has 2 heterocycles. The lowest BCUT2D eigenvalue weighted by Gasteiger charge is -2.25. The highest BCUT2D eigenvalue weighted by Gasteiger charge is 2.29. The van der Waals surface area contributed by atoms with Crippen molar-refractivity contribution in [1.82, 2.24) is 19.7 Å². The van der Waals surface area contributed by atoms with Crippen LogP contribution in [0.4, 0.5) is 4.79 Å². The van der Waals surface area contributed by atoms with Crippen LogP contribution in [0.15, 0.2) is 35.8 Å². The lowest BCUT2D eigenvalue weighted by Crippen LogP contribution is -2.41. The summed E-state index contributed by atoms with van der Waals surface area (Å²) in [6.45, 7) is 4.37. The standard InChI is InChI=1S/C18H22N4O2S/c1-14-16(25-13-19-14)11-22(10-15-6-4-3-5-7-15)17(23)12-21-9-8-20(2)18(21)24/h3-7,13H,8-12H2,1-2H3. The van der Waals surface area contributed by atoms with Crippen LogP contribution < -0.4 is 0 Å². The molecule has 1 saturated heterocycles. The zero-order valence-electron chi connectivity index (χ0n) is 14.5. The van der Waals surface area contributed by atoms with Crippen molar-refractivity contribution < 1.29 is 9.59 Å². The molecule has 0 unspecified atom stereocenters. The normalized spacial score (nSPS) is 14.2. The summed E-state index contributed by atoms with van der Waals surface area (Å²) in [6.07, 6.45) is 0. The monoisotopic (exact) mass is 358 g/mol. The van der Waals surface area contributed by atoms with Crippen LogP contribution in [-0.2, 0) is 17.9 Å². The van der Waals surface area contributed by atoms with Crippen LogP contribution in [0.1, 0.15) is 16.1 Å². The first-order valence-electron chi connectivity index (χ1n) is 8.25. The highest BCUT2D eigenvalue weighted by atomic mass is 32.1. The van der Waals surface area contributed by atoms with E-state index < -0.39 is 0 Å². The van der Waals surface area contributed by atoms with Gasteiger partial charge in [0.1, 0.15) is 6.54 Å². The van der Waals surface area contributed by atoms with E-state index >= 15 is 0 Å². The molecule has 0 spiro atoms. The van der Waals surface area contributed by atoms with Crippen molar-refractivity contribution >= 4 is 23.3 Å². The summed E-state index contributed by atoms with van der Waals surface area (Å²) in [4.78, 5) is 35.4. The Balaban J connectivity index is 1.74. The minimum atomic E-state index is -0.0815. The number of aromatic nitrogens is 1. The number of likely N-dealkylation sites (N-methyl/N-ethyl adjacent to an activating group) is 1. The summed E-state index contributed by atoms with van der Waals surface area (Å²) in [6, 6.07) is 9.83. The fourth-order valence-electron chi connectivity index (χ4n) is 2.80. The molecule has 1 aliphatic heterocycles. The van der Waals surface area contributed by atoms with Gasteiger partial charge >= 0.3 is 6.03 Å². The number of thiazole rings is 1. The first kappa shape index (κ1) is 17.4. The fourth-order valence-corrected chi connectivity index (χ4v) is 3.59. The van der Waals surface area contributed by atoms with Gasteiger partial charge < -0.3 is 14.7 Å². The van der Waals surface area contributed by atoms with E-state index in [0.717, 1.165) is 16.1 Å². The van der Waals surface area contributed by atoms with Crippen LogP contribution in [-0.4, -0.2) is 58.3 Å². The average molecular weight is 358 g/mol. The lowest BCUT2D eigenvalue weighted by atomic mass is 10.2. The number of benzene rings is 1. The van der Waals surface area contributed by atoms with Gasteiger partial charge in [0, 0.05) is 31.6 Å². The molecule has 1 aliphatic rings. The maximum Gasteiger partial charge on any atom is 0.320 e. The van der Waals surface area contributed by atoms with E-state index in [1.165, 1.54) is 0 Å². The summed E-state index contributed by atoms with van der Waals surface area (Å²) < 4.78 is 0. The van der Waals surface area contributed by atoms with Gasteiger partial charge in [-0.2, -0.15) is 0 Å². The van der Waals surface area contributed by atoms with Gasteiger partial charge in [0.15, 0.2) is 0 Å². The van der Waals surface area contributed by atoms with Crippen LogP contribution in [0.3, 0.4) is 0 Å². The highest BCUT2D eigenvalue weighted by molar-refractivity contribution is 7.09. The smallest absolute Gasteiger partial charge is 0.320 e.